The van der Waals surface area contributed by atoms with Crippen LogP contribution < -0.4 is 24.4 Å². The number of fused-ring (bicyclic) bond motifs is 1. The fourth-order valence-corrected chi connectivity index (χ4v) is 5.72. The second-order valence-corrected chi connectivity index (χ2v) is 11.4. The second kappa shape index (κ2) is 14.4. The van der Waals surface area contributed by atoms with Crippen molar-refractivity contribution >= 4 is 17.3 Å². The van der Waals surface area contributed by atoms with Gasteiger partial charge in [-0.1, -0.05) is 29.8 Å². The number of aliphatic hydroxyl groups is 1. The third-order valence-corrected chi connectivity index (χ3v) is 7.80. The summed E-state index contributed by atoms with van der Waals surface area (Å²) in [7, 11) is 1.73. The number of ether oxygens (including phenoxy) is 5. The van der Waals surface area contributed by atoms with Gasteiger partial charge in [-0.2, -0.15) is 0 Å². The van der Waals surface area contributed by atoms with Crippen LogP contribution in [0.5, 0.6) is 23.0 Å². The number of nitrogens with zero attached hydrogens (tertiary/aromatic N) is 1. The zero-order chi connectivity index (χ0) is 29.5. The van der Waals surface area contributed by atoms with Gasteiger partial charge in [0, 0.05) is 45.3 Å². The van der Waals surface area contributed by atoms with Crippen molar-refractivity contribution in [2.24, 2.45) is 0 Å². The largest absolute Gasteiger partial charge is 0.490 e. The summed E-state index contributed by atoms with van der Waals surface area (Å²) in [4.78, 5) is 2.35. The van der Waals surface area contributed by atoms with Crippen LogP contribution in [0.3, 0.4) is 0 Å². The molecule has 0 saturated carbocycles. The number of anilines is 1. The Balaban J connectivity index is 1.24. The van der Waals surface area contributed by atoms with Gasteiger partial charge in [-0.15, -0.1) is 0 Å². The Bertz CT molecular complexity index is 1300. The van der Waals surface area contributed by atoms with Crippen LogP contribution in [-0.4, -0.2) is 69.9 Å². The first kappa shape index (κ1) is 30.4. The van der Waals surface area contributed by atoms with Crippen molar-refractivity contribution in [2.45, 2.75) is 51.1 Å². The number of hydrogen-bond donors (Lipinski definition) is 2. The van der Waals surface area contributed by atoms with E-state index in [-0.39, 0.29) is 18.1 Å². The van der Waals surface area contributed by atoms with Crippen LogP contribution in [0.15, 0.2) is 60.7 Å². The molecule has 5 rings (SSSR count). The number of hydrogen-bond acceptors (Lipinski definition) is 8. The molecule has 1 saturated heterocycles. The smallest absolute Gasteiger partial charge is 0.142 e. The summed E-state index contributed by atoms with van der Waals surface area (Å²) in [5.74, 6) is 2.66. The molecule has 226 valence electrons. The van der Waals surface area contributed by atoms with Crippen LogP contribution in [0.1, 0.15) is 37.3 Å². The van der Waals surface area contributed by atoms with Gasteiger partial charge in [-0.05, 0) is 67.8 Å². The molecular weight excluding hydrogens is 556 g/mol. The first-order valence-corrected chi connectivity index (χ1v) is 15.0. The number of benzene rings is 3. The minimum Gasteiger partial charge on any atom is -0.490 e. The number of methoxy groups -OCH3 is 1. The molecule has 0 amide bonds. The molecule has 2 N–H and O–H groups in total. The van der Waals surface area contributed by atoms with E-state index in [4.69, 9.17) is 35.3 Å². The Morgan fingerprint density at radius 2 is 1.86 bits per heavy atom. The quantitative estimate of drug-likeness (QED) is 0.254. The maximum absolute atomic E-state index is 11.0. The van der Waals surface area contributed by atoms with Crippen molar-refractivity contribution in [3.8, 4) is 23.0 Å². The third kappa shape index (κ3) is 7.68. The summed E-state index contributed by atoms with van der Waals surface area (Å²) in [5, 5.41) is 14.8. The Morgan fingerprint density at radius 3 is 2.62 bits per heavy atom. The van der Waals surface area contributed by atoms with Crippen LogP contribution >= 0.6 is 11.6 Å². The third-order valence-electron chi connectivity index (χ3n) is 7.50. The average molecular weight is 597 g/mol. The summed E-state index contributed by atoms with van der Waals surface area (Å²) >= 11 is 6.37. The molecule has 9 heteroatoms. The van der Waals surface area contributed by atoms with Gasteiger partial charge in [0.25, 0.3) is 0 Å². The monoisotopic (exact) mass is 596 g/mol. The van der Waals surface area contributed by atoms with Crippen molar-refractivity contribution in [1.29, 1.82) is 0 Å². The van der Waals surface area contributed by atoms with Crippen LogP contribution in [0, 0.1) is 0 Å². The van der Waals surface area contributed by atoms with E-state index in [1.807, 2.05) is 56.3 Å². The van der Waals surface area contributed by atoms with Crippen molar-refractivity contribution in [1.82, 2.24) is 5.32 Å². The minimum absolute atomic E-state index is 0.0363. The van der Waals surface area contributed by atoms with Gasteiger partial charge in [0.15, 0.2) is 0 Å². The molecular formula is C33H41ClN2O6. The molecule has 42 heavy (non-hydrogen) atoms. The first-order chi connectivity index (χ1) is 20.4. The molecule has 3 unspecified atom stereocenters. The molecule has 0 aliphatic carbocycles. The first-order valence-electron chi connectivity index (χ1n) is 14.7. The van der Waals surface area contributed by atoms with Crippen LogP contribution in [0.4, 0.5) is 5.69 Å². The van der Waals surface area contributed by atoms with E-state index in [0.29, 0.717) is 48.6 Å². The molecule has 0 radical (unpaired) electrons. The van der Waals surface area contributed by atoms with E-state index in [1.165, 1.54) is 0 Å². The molecule has 2 aliphatic heterocycles. The van der Waals surface area contributed by atoms with E-state index in [2.05, 4.69) is 22.3 Å². The topological polar surface area (TPSA) is 81.7 Å². The zero-order valence-electron chi connectivity index (χ0n) is 24.6. The zero-order valence-corrected chi connectivity index (χ0v) is 25.3. The minimum atomic E-state index is -0.573. The number of nitrogens with one attached hydrogen (secondary N) is 1. The lowest BCUT2D eigenvalue weighted by Gasteiger charge is -2.36. The molecule has 3 aromatic carbocycles. The van der Waals surface area contributed by atoms with Crippen molar-refractivity contribution < 1.29 is 28.8 Å². The molecule has 0 spiro atoms. The summed E-state index contributed by atoms with van der Waals surface area (Å²) in [5.41, 5.74) is 3.17. The van der Waals surface area contributed by atoms with E-state index >= 15 is 0 Å². The highest BCUT2D eigenvalue weighted by Crippen LogP contribution is 2.36. The summed E-state index contributed by atoms with van der Waals surface area (Å²) in [6.07, 6.45) is 0.226. The number of halogens is 1. The predicted molar refractivity (Wildman–Crippen MR) is 165 cm³/mol. The molecule has 1 fully saturated rings. The molecule has 2 aliphatic rings. The molecule has 8 nitrogen and oxygen atoms in total. The molecule has 3 aromatic rings. The Kier molecular flexibility index (Phi) is 10.5. The maximum Gasteiger partial charge on any atom is 0.142 e. The van der Waals surface area contributed by atoms with E-state index in [9.17, 15) is 5.11 Å². The Labute approximate surface area is 253 Å². The average Bonchev–Trinajstić information content (AvgIpc) is 2.98. The molecule has 3 atom stereocenters. The predicted octanol–water partition coefficient (Wildman–Crippen LogP) is 5.79. The SMILES string of the molecule is COCCCN1CCOc2ccc(COC3CNCC(O)C3c3ccc(Oc4ccc(OC(C)C)c(Cl)c4)cc3)cc21. The fraction of sp³-hybridized carbons (Fsp3) is 0.455. The van der Waals surface area contributed by atoms with Crippen molar-refractivity contribution in [2.75, 3.05) is 51.4 Å². The highest BCUT2D eigenvalue weighted by Gasteiger charge is 2.34. The van der Waals surface area contributed by atoms with Gasteiger partial charge in [-0.25, -0.2) is 0 Å². The van der Waals surface area contributed by atoms with Gasteiger partial charge < -0.3 is 39.0 Å². The summed E-state index contributed by atoms with van der Waals surface area (Å²) in [6, 6.07) is 19.5. The van der Waals surface area contributed by atoms with Crippen LogP contribution in [-0.2, 0) is 16.1 Å². The summed E-state index contributed by atoms with van der Waals surface area (Å²) < 4.78 is 29.3. The fourth-order valence-electron chi connectivity index (χ4n) is 5.51. The highest BCUT2D eigenvalue weighted by atomic mass is 35.5. The van der Waals surface area contributed by atoms with Gasteiger partial charge in [0.1, 0.15) is 29.6 Å². The lowest BCUT2D eigenvalue weighted by Crippen LogP contribution is -2.49. The maximum atomic E-state index is 11.0. The lowest BCUT2D eigenvalue weighted by atomic mass is 9.85. The van der Waals surface area contributed by atoms with Crippen molar-refractivity contribution in [3.05, 3.63) is 76.8 Å². The van der Waals surface area contributed by atoms with Crippen LogP contribution in [0.2, 0.25) is 5.02 Å². The van der Waals surface area contributed by atoms with E-state index in [0.717, 1.165) is 48.7 Å². The normalized spacial score (nSPS) is 20.2. The number of β-amino-alcohol motifs (C(OH)–C–C–N with tert-alkyl or cyclic N) is 1. The summed E-state index contributed by atoms with van der Waals surface area (Å²) in [6.45, 7) is 8.70. The number of piperidine rings is 1. The van der Waals surface area contributed by atoms with E-state index < -0.39 is 6.10 Å². The standard InChI is InChI=1S/C33H41ClN2O6/c1-22(2)41-30-12-10-26(18-27(30)34)42-25-8-6-24(7-9-25)33-29(37)19-35-20-32(33)40-21-23-5-11-31-28(17-23)36(14-16-39-31)13-4-15-38-3/h5-12,17-18,22,29,32-33,35,37H,4,13-16,19-21H2,1-3H3. The molecule has 0 bridgehead atoms. The van der Waals surface area contributed by atoms with Gasteiger partial charge >= 0.3 is 0 Å². The molecule has 0 aromatic heterocycles. The Morgan fingerprint density at radius 1 is 1.05 bits per heavy atom. The van der Waals surface area contributed by atoms with E-state index in [1.54, 1.807) is 13.2 Å². The number of rotatable bonds is 12. The lowest BCUT2D eigenvalue weighted by molar-refractivity contribution is -0.0328. The molecule has 2 heterocycles. The Hall–Kier alpha value is -3.01. The van der Waals surface area contributed by atoms with Gasteiger partial charge in [0.05, 0.1) is 42.2 Å². The number of aliphatic hydroxyl groups excluding tert-OH is 1. The van der Waals surface area contributed by atoms with Crippen LogP contribution in [0.25, 0.3) is 0 Å². The van der Waals surface area contributed by atoms with Gasteiger partial charge in [0.2, 0.25) is 0 Å². The van der Waals surface area contributed by atoms with Gasteiger partial charge in [-0.3, -0.25) is 0 Å². The highest BCUT2D eigenvalue weighted by molar-refractivity contribution is 6.32. The second-order valence-electron chi connectivity index (χ2n) is 11.0. The van der Waals surface area contributed by atoms with Crippen molar-refractivity contribution in [3.63, 3.8) is 0 Å².